The molecule has 0 amide bonds. The van der Waals surface area contributed by atoms with Gasteiger partial charge in [0.25, 0.3) is 0 Å². The van der Waals surface area contributed by atoms with Crippen molar-refractivity contribution in [3.63, 3.8) is 0 Å². The Balaban J connectivity index is 2.02. The Kier molecular flexibility index (Phi) is 4.39. The molecular weight excluding hydrogens is 367 g/mol. The van der Waals surface area contributed by atoms with Gasteiger partial charge in [-0.2, -0.15) is 13.2 Å². The van der Waals surface area contributed by atoms with Gasteiger partial charge in [0.1, 0.15) is 11.5 Å². The third-order valence-electron chi connectivity index (χ3n) is 4.31. The number of ether oxygens (including phenoxy) is 1. The Morgan fingerprint density at radius 3 is 2.25 bits per heavy atom. The van der Waals surface area contributed by atoms with E-state index in [4.69, 9.17) is 4.74 Å². The molecular formula is C22H14F3NO2. The van der Waals surface area contributed by atoms with Crippen LogP contribution in [0.1, 0.15) is 5.56 Å². The average molecular weight is 381 g/mol. The number of benzene rings is 3. The van der Waals surface area contributed by atoms with E-state index in [2.05, 4.69) is 4.98 Å². The summed E-state index contributed by atoms with van der Waals surface area (Å²) in [6.07, 6.45) is -3.29. The molecule has 4 aromatic rings. The number of halogens is 3. The van der Waals surface area contributed by atoms with Gasteiger partial charge < -0.3 is 9.84 Å². The van der Waals surface area contributed by atoms with Crippen LogP contribution < -0.4 is 4.74 Å². The first kappa shape index (κ1) is 17.9. The SMILES string of the molecule is Oc1ccccc1-c1c(Oc2ccccc2)cnc2c(C(F)(F)F)cccc12. The molecule has 0 spiro atoms. The van der Waals surface area contributed by atoms with Gasteiger partial charge in [-0.15, -0.1) is 0 Å². The quantitative estimate of drug-likeness (QED) is 0.445. The Morgan fingerprint density at radius 2 is 1.54 bits per heavy atom. The van der Waals surface area contributed by atoms with Gasteiger partial charge in [0.15, 0.2) is 5.75 Å². The largest absolute Gasteiger partial charge is 0.507 e. The summed E-state index contributed by atoms with van der Waals surface area (Å²) in [5.74, 6) is 0.692. The van der Waals surface area contributed by atoms with Crippen LogP contribution in [0.25, 0.3) is 22.0 Å². The van der Waals surface area contributed by atoms with Crippen molar-refractivity contribution in [2.24, 2.45) is 0 Å². The first-order valence-corrected chi connectivity index (χ1v) is 8.45. The molecule has 1 N–H and O–H groups in total. The number of rotatable bonds is 3. The second kappa shape index (κ2) is 6.88. The molecule has 4 rings (SSSR count). The van der Waals surface area contributed by atoms with Gasteiger partial charge >= 0.3 is 6.18 Å². The average Bonchev–Trinajstić information content (AvgIpc) is 2.68. The molecule has 0 saturated carbocycles. The van der Waals surface area contributed by atoms with Crippen LogP contribution in [-0.4, -0.2) is 10.1 Å². The number of phenolic OH excluding ortho intramolecular Hbond substituents is 1. The minimum absolute atomic E-state index is 0.0645. The van der Waals surface area contributed by atoms with Gasteiger partial charge in [-0.3, -0.25) is 4.98 Å². The number of hydrogen-bond acceptors (Lipinski definition) is 3. The first-order chi connectivity index (χ1) is 13.4. The van der Waals surface area contributed by atoms with Crippen molar-refractivity contribution >= 4 is 10.9 Å². The van der Waals surface area contributed by atoms with Gasteiger partial charge in [0.05, 0.1) is 17.3 Å². The van der Waals surface area contributed by atoms with Gasteiger partial charge in [0, 0.05) is 16.5 Å². The van der Waals surface area contributed by atoms with E-state index < -0.39 is 11.7 Å². The maximum Gasteiger partial charge on any atom is 0.418 e. The Labute approximate surface area is 158 Å². The second-order valence-electron chi connectivity index (χ2n) is 6.13. The fraction of sp³-hybridized carbons (Fsp3) is 0.0455. The maximum atomic E-state index is 13.5. The molecule has 1 heterocycles. The summed E-state index contributed by atoms with van der Waals surface area (Å²) in [6, 6.07) is 19.1. The molecule has 6 heteroatoms. The molecule has 0 fully saturated rings. The molecule has 3 aromatic carbocycles. The topological polar surface area (TPSA) is 42.4 Å². The number of hydrogen-bond donors (Lipinski definition) is 1. The van der Waals surface area contributed by atoms with Crippen molar-refractivity contribution in [3.05, 3.63) is 84.6 Å². The molecule has 0 atom stereocenters. The lowest BCUT2D eigenvalue weighted by Gasteiger charge is -2.17. The Bertz CT molecular complexity index is 1140. The van der Waals surface area contributed by atoms with Crippen molar-refractivity contribution < 1.29 is 23.0 Å². The molecule has 0 unspecified atom stereocenters. The number of aromatic nitrogens is 1. The van der Waals surface area contributed by atoms with E-state index in [1.54, 1.807) is 42.5 Å². The summed E-state index contributed by atoms with van der Waals surface area (Å²) in [4.78, 5) is 4.03. The molecule has 140 valence electrons. The number of para-hydroxylation sites is 3. The fourth-order valence-electron chi connectivity index (χ4n) is 3.09. The lowest BCUT2D eigenvalue weighted by Crippen LogP contribution is -2.07. The summed E-state index contributed by atoms with van der Waals surface area (Å²) in [7, 11) is 0. The first-order valence-electron chi connectivity index (χ1n) is 8.45. The molecule has 0 aliphatic carbocycles. The summed E-state index contributed by atoms with van der Waals surface area (Å²) in [5, 5.41) is 10.6. The molecule has 0 aliphatic heterocycles. The second-order valence-corrected chi connectivity index (χ2v) is 6.13. The summed E-state index contributed by atoms with van der Waals surface area (Å²) < 4.78 is 46.3. The Morgan fingerprint density at radius 1 is 0.821 bits per heavy atom. The van der Waals surface area contributed by atoms with Crippen molar-refractivity contribution in [2.75, 3.05) is 0 Å². The molecule has 0 radical (unpaired) electrons. The monoisotopic (exact) mass is 381 g/mol. The number of alkyl halides is 3. The van der Waals surface area contributed by atoms with E-state index in [0.29, 0.717) is 16.9 Å². The van der Waals surface area contributed by atoms with E-state index in [9.17, 15) is 18.3 Å². The molecule has 0 aliphatic rings. The fourth-order valence-corrected chi connectivity index (χ4v) is 3.09. The van der Waals surface area contributed by atoms with Gasteiger partial charge in [0.2, 0.25) is 0 Å². The molecule has 0 bridgehead atoms. The van der Waals surface area contributed by atoms with Crippen LogP contribution >= 0.6 is 0 Å². The van der Waals surface area contributed by atoms with Crippen molar-refractivity contribution in [1.82, 2.24) is 4.98 Å². The van der Waals surface area contributed by atoms with Crippen LogP contribution in [0, 0.1) is 0 Å². The highest BCUT2D eigenvalue weighted by molar-refractivity contribution is 6.00. The lowest BCUT2D eigenvalue weighted by atomic mass is 9.97. The van der Waals surface area contributed by atoms with Crippen LogP contribution in [0.5, 0.6) is 17.2 Å². The van der Waals surface area contributed by atoms with E-state index in [1.807, 2.05) is 6.07 Å². The number of nitrogens with zero attached hydrogens (tertiary/aromatic N) is 1. The minimum atomic E-state index is -4.55. The normalized spacial score (nSPS) is 11.5. The smallest absolute Gasteiger partial charge is 0.418 e. The van der Waals surface area contributed by atoms with Crippen LogP contribution in [0.2, 0.25) is 0 Å². The zero-order valence-corrected chi connectivity index (χ0v) is 14.4. The summed E-state index contributed by atoms with van der Waals surface area (Å²) in [6.45, 7) is 0. The van der Waals surface area contributed by atoms with Crippen molar-refractivity contribution in [2.45, 2.75) is 6.18 Å². The van der Waals surface area contributed by atoms with Crippen molar-refractivity contribution in [1.29, 1.82) is 0 Å². The third kappa shape index (κ3) is 3.24. The van der Waals surface area contributed by atoms with E-state index in [1.165, 1.54) is 24.4 Å². The van der Waals surface area contributed by atoms with Gasteiger partial charge in [-0.25, -0.2) is 0 Å². The van der Waals surface area contributed by atoms with Crippen LogP contribution in [0.15, 0.2) is 79.0 Å². The summed E-state index contributed by atoms with van der Waals surface area (Å²) in [5.41, 5.74) is -0.334. The zero-order valence-electron chi connectivity index (χ0n) is 14.4. The molecule has 3 nitrogen and oxygen atoms in total. The van der Waals surface area contributed by atoms with E-state index in [-0.39, 0.29) is 22.4 Å². The number of pyridine rings is 1. The highest BCUT2D eigenvalue weighted by Gasteiger charge is 2.34. The number of phenols is 1. The Hall–Kier alpha value is -3.54. The predicted octanol–water partition coefficient (Wildman–Crippen LogP) is 6.42. The van der Waals surface area contributed by atoms with E-state index >= 15 is 0 Å². The van der Waals surface area contributed by atoms with Crippen LogP contribution in [-0.2, 0) is 6.18 Å². The van der Waals surface area contributed by atoms with Gasteiger partial charge in [-0.05, 0) is 24.3 Å². The standard InChI is InChI=1S/C22H14F3NO2/c23-22(24,25)17-11-6-10-16-20(15-9-4-5-12-18(15)27)19(13-26-21(16)17)28-14-7-2-1-3-8-14/h1-13,27H. The van der Waals surface area contributed by atoms with E-state index in [0.717, 1.165) is 6.07 Å². The minimum Gasteiger partial charge on any atom is -0.507 e. The predicted molar refractivity (Wildman–Crippen MR) is 100 cm³/mol. The maximum absolute atomic E-state index is 13.5. The third-order valence-corrected chi connectivity index (χ3v) is 4.31. The molecule has 28 heavy (non-hydrogen) atoms. The van der Waals surface area contributed by atoms with Crippen molar-refractivity contribution in [3.8, 4) is 28.4 Å². The van der Waals surface area contributed by atoms with Gasteiger partial charge in [-0.1, -0.05) is 48.5 Å². The van der Waals surface area contributed by atoms with Crippen LogP contribution in [0.4, 0.5) is 13.2 Å². The lowest BCUT2D eigenvalue weighted by molar-refractivity contribution is -0.136. The summed E-state index contributed by atoms with van der Waals surface area (Å²) >= 11 is 0. The highest BCUT2D eigenvalue weighted by atomic mass is 19.4. The molecule has 1 aromatic heterocycles. The zero-order chi connectivity index (χ0) is 19.7. The van der Waals surface area contributed by atoms with Crippen LogP contribution in [0.3, 0.4) is 0 Å². The number of aromatic hydroxyl groups is 1. The highest BCUT2D eigenvalue weighted by Crippen LogP contribution is 2.44. The number of fused-ring (bicyclic) bond motifs is 1. The molecule has 0 saturated heterocycles.